The van der Waals surface area contributed by atoms with Gasteiger partial charge < -0.3 is 5.73 Å². The lowest BCUT2D eigenvalue weighted by molar-refractivity contribution is 0.768. The second-order valence-corrected chi connectivity index (χ2v) is 8.06. The van der Waals surface area contributed by atoms with Gasteiger partial charge >= 0.3 is 0 Å². The second-order valence-electron chi connectivity index (χ2n) is 7.18. The van der Waals surface area contributed by atoms with Crippen LogP contribution in [0, 0.1) is 0 Å². The van der Waals surface area contributed by atoms with Gasteiger partial charge in [0.1, 0.15) is 5.82 Å². The molecule has 0 aliphatic carbocycles. The molecule has 5 rings (SSSR count). The first-order valence-electron chi connectivity index (χ1n) is 9.67. The zero-order valence-corrected chi connectivity index (χ0v) is 17.3. The fraction of sp³-hybridized carbons (Fsp3) is 0.0400. The first kappa shape index (κ1) is 18.3. The average Bonchev–Trinajstić information content (AvgIpc) is 3.41. The van der Waals surface area contributed by atoms with Gasteiger partial charge in [0.05, 0.1) is 6.20 Å². The van der Waals surface area contributed by atoms with Gasteiger partial charge in [0, 0.05) is 40.7 Å². The first-order chi connectivity index (χ1) is 14.7. The van der Waals surface area contributed by atoms with E-state index in [1.807, 2.05) is 31.7 Å². The van der Waals surface area contributed by atoms with Crippen LogP contribution in [0.4, 0.5) is 5.82 Å². The van der Waals surface area contributed by atoms with Gasteiger partial charge in [0.2, 0.25) is 0 Å². The summed E-state index contributed by atoms with van der Waals surface area (Å²) in [5.74, 6) is 0.554. The number of anilines is 1. The van der Waals surface area contributed by atoms with E-state index >= 15 is 0 Å². The van der Waals surface area contributed by atoms with Crippen LogP contribution >= 0.6 is 11.3 Å². The molecule has 0 aliphatic heterocycles. The highest BCUT2D eigenvalue weighted by Gasteiger charge is 2.13. The van der Waals surface area contributed by atoms with Gasteiger partial charge in [0.25, 0.3) is 0 Å². The number of nitrogens with zero attached hydrogens (tertiary/aromatic N) is 3. The van der Waals surface area contributed by atoms with Crippen LogP contribution < -0.4 is 5.73 Å². The molecule has 5 heteroatoms. The molecule has 30 heavy (non-hydrogen) atoms. The molecule has 4 nitrogen and oxygen atoms in total. The quantitative estimate of drug-likeness (QED) is 0.390. The van der Waals surface area contributed by atoms with E-state index in [9.17, 15) is 0 Å². The summed E-state index contributed by atoms with van der Waals surface area (Å²) in [6.45, 7) is 0. The van der Waals surface area contributed by atoms with Gasteiger partial charge in [0.15, 0.2) is 0 Å². The van der Waals surface area contributed by atoms with Crippen molar-refractivity contribution in [1.29, 1.82) is 0 Å². The highest BCUT2D eigenvalue weighted by atomic mass is 32.1. The molecule has 2 aromatic carbocycles. The minimum absolute atomic E-state index is 0.554. The highest BCUT2D eigenvalue weighted by molar-refractivity contribution is 7.18. The summed E-state index contributed by atoms with van der Waals surface area (Å²) < 4.78 is 2.93. The number of nitrogen functional groups attached to an aromatic ring is 1. The molecule has 0 saturated carbocycles. The Hall–Kier alpha value is -3.70. The van der Waals surface area contributed by atoms with Crippen molar-refractivity contribution >= 4 is 39.4 Å². The summed E-state index contributed by atoms with van der Waals surface area (Å²) in [6, 6.07) is 19.0. The molecular weight excluding hydrogens is 388 g/mol. The minimum Gasteiger partial charge on any atom is -0.383 e. The van der Waals surface area contributed by atoms with Crippen LogP contribution in [0.15, 0.2) is 78.6 Å². The average molecular weight is 409 g/mol. The maximum Gasteiger partial charge on any atom is 0.132 e. The van der Waals surface area contributed by atoms with E-state index in [1.54, 1.807) is 16.0 Å². The van der Waals surface area contributed by atoms with E-state index in [0.717, 1.165) is 32.3 Å². The number of aromatic nitrogens is 3. The number of hydrogen-bond acceptors (Lipinski definition) is 4. The second kappa shape index (κ2) is 7.61. The Morgan fingerprint density at radius 1 is 0.900 bits per heavy atom. The van der Waals surface area contributed by atoms with Crippen molar-refractivity contribution in [3.05, 3.63) is 89.7 Å². The topological polar surface area (TPSA) is 56.7 Å². The zero-order valence-electron chi connectivity index (χ0n) is 16.5. The van der Waals surface area contributed by atoms with Crippen LogP contribution in [-0.4, -0.2) is 14.8 Å². The third kappa shape index (κ3) is 3.40. The Labute approximate surface area is 178 Å². The Kier molecular flexibility index (Phi) is 4.65. The summed E-state index contributed by atoms with van der Waals surface area (Å²) >= 11 is 1.69. The molecular formula is C25H20N4S. The molecule has 0 aliphatic rings. The Balaban J connectivity index is 1.48. The van der Waals surface area contributed by atoms with Crippen molar-refractivity contribution in [2.24, 2.45) is 7.05 Å². The summed E-state index contributed by atoms with van der Waals surface area (Å²) in [5.41, 5.74) is 13.0. The van der Waals surface area contributed by atoms with Gasteiger partial charge in [-0.2, -0.15) is 5.10 Å². The van der Waals surface area contributed by atoms with Crippen LogP contribution in [0.1, 0.15) is 11.1 Å². The van der Waals surface area contributed by atoms with Gasteiger partial charge in [-0.05, 0) is 27.6 Å². The summed E-state index contributed by atoms with van der Waals surface area (Å²) in [6.07, 6.45) is 9.92. The number of benzene rings is 2. The summed E-state index contributed by atoms with van der Waals surface area (Å²) in [7, 11) is 1.91. The molecule has 0 amide bonds. The van der Waals surface area contributed by atoms with Crippen molar-refractivity contribution in [2.75, 3.05) is 5.73 Å². The summed E-state index contributed by atoms with van der Waals surface area (Å²) in [4.78, 5) is 4.44. The normalized spacial score (nSPS) is 11.5. The molecule has 0 radical (unpaired) electrons. The van der Waals surface area contributed by atoms with E-state index in [2.05, 4.69) is 76.1 Å². The number of pyridine rings is 1. The predicted octanol–water partition coefficient (Wildman–Crippen LogP) is 6.12. The molecule has 5 aromatic rings. The van der Waals surface area contributed by atoms with E-state index in [0.29, 0.717) is 5.82 Å². The largest absolute Gasteiger partial charge is 0.383 e. The fourth-order valence-electron chi connectivity index (χ4n) is 3.58. The third-order valence-electron chi connectivity index (χ3n) is 5.14. The number of nitrogens with two attached hydrogens (primary N) is 1. The molecule has 0 unspecified atom stereocenters. The number of fused-ring (bicyclic) bond motifs is 1. The van der Waals surface area contributed by atoms with Crippen LogP contribution in [0.3, 0.4) is 0 Å². The number of rotatable bonds is 4. The van der Waals surface area contributed by atoms with Crippen molar-refractivity contribution < 1.29 is 0 Å². The van der Waals surface area contributed by atoms with E-state index in [4.69, 9.17) is 5.73 Å². The van der Waals surface area contributed by atoms with E-state index in [-0.39, 0.29) is 0 Å². The lowest BCUT2D eigenvalue weighted by atomic mass is 10.0. The summed E-state index contributed by atoms with van der Waals surface area (Å²) in [5, 5.41) is 7.42. The van der Waals surface area contributed by atoms with Gasteiger partial charge in [-0.25, -0.2) is 4.98 Å². The van der Waals surface area contributed by atoms with Crippen molar-refractivity contribution in [1.82, 2.24) is 14.8 Å². The lowest BCUT2D eigenvalue weighted by Gasteiger charge is -2.03. The van der Waals surface area contributed by atoms with Gasteiger partial charge in [-0.15, -0.1) is 11.3 Å². The molecule has 0 fully saturated rings. The Morgan fingerprint density at radius 3 is 2.40 bits per heavy atom. The monoisotopic (exact) mass is 408 g/mol. The SMILES string of the molecule is Cn1cc(-c2cnc(N)c3c(/C=C/c4ccc(-c5ccccc5)cc4)csc23)cn1. The molecule has 0 bridgehead atoms. The van der Waals surface area contributed by atoms with Gasteiger partial charge in [-0.3, -0.25) is 4.68 Å². The maximum absolute atomic E-state index is 6.25. The zero-order chi connectivity index (χ0) is 20.5. The third-order valence-corrected chi connectivity index (χ3v) is 6.17. The smallest absolute Gasteiger partial charge is 0.132 e. The van der Waals surface area contributed by atoms with Crippen LogP contribution in [-0.2, 0) is 7.05 Å². The molecule has 0 atom stereocenters. The number of aryl methyl sites for hydroxylation is 1. The highest BCUT2D eigenvalue weighted by Crippen LogP contribution is 2.38. The number of thiophene rings is 1. The molecule has 3 heterocycles. The van der Waals surface area contributed by atoms with E-state index < -0.39 is 0 Å². The standard InChI is InChI=1S/C25H20N4S/c1-29-15-21(13-28-29)22-14-27-25(26)23-20(16-30-24(22)23)12-9-17-7-10-19(11-8-17)18-5-3-2-4-6-18/h2-16H,1H3,(H2,26,27)/b12-9+. The molecule has 146 valence electrons. The van der Waals surface area contributed by atoms with Gasteiger partial charge in [-0.1, -0.05) is 66.7 Å². The minimum atomic E-state index is 0.554. The van der Waals surface area contributed by atoms with Crippen molar-refractivity contribution in [3.8, 4) is 22.3 Å². The Morgan fingerprint density at radius 2 is 1.67 bits per heavy atom. The van der Waals surface area contributed by atoms with E-state index in [1.165, 1.54) is 11.1 Å². The Bertz CT molecular complexity index is 1350. The van der Waals surface area contributed by atoms with Crippen LogP contribution in [0.5, 0.6) is 0 Å². The maximum atomic E-state index is 6.25. The van der Waals surface area contributed by atoms with Crippen molar-refractivity contribution in [3.63, 3.8) is 0 Å². The number of hydrogen-bond donors (Lipinski definition) is 1. The fourth-order valence-corrected chi connectivity index (χ4v) is 4.66. The first-order valence-corrected chi connectivity index (χ1v) is 10.6. The van der Waals surface area contributed by atoms with Crippen LogP contribution in [0.2, 0.25) is 0 Å². The van der Waals surface area contributed by atoms with Crippen LogP contribution in [0.25, 0.3) is 44.5 Å². The lowest BCUT2D eigenvalue weighted by Crippen LogP contribution is -1.92. The molecule has 0 spiro atoms. The molecule has 0 saturated heterocycles. The predicted molar refractivity (Wildman–Crippen MR) is 127 cm³/mol. The van der Waals surface area contributed by atoms with Crippen molar-refractivity contribution in [2.45, 2.75) is 0 Å². The molecule has 2 N–H and O–H groups in total. The molecule has 3 aromatic heterocycles.